The summed E-state index contributed by atoms with van der Waals surface area (Å²) in [5.41, 5.74) is 0.140. The van der Waals surface area contributed by atoms with Crippen molar-refractivity contribution in [3.05, 3.63) is 48.7 Å². The van der Waals surface area contributed by atoms with E-state index >= 15 is 0 Å². The summed E-state index contributed by atoms with van der Waals surface area (Å²) in [6.45, 7) is 16.9. The van der Waals surface area contributed by atoms with Crippen molar-refractivity contribution in [3.63, 3.8) is 0 Å². The number of benzene rings is 2. The molecular weight excluding hydrogens is 677 g/mol. The molecule has 1 aliphatic heterocycles. The van der Waals surface area contributed by atoms with Gasteiger partial charge in [0.15, 0.2) is 0 Å². The summed E-state index contributed by atoms with van der Waals surface area (Å²) < 4.78 is 17.7. The van der Waals surface area contributed by atoms with Gasteiger partial charge in [0.05, 0.1) is 23.4 Å². The molecule has 1 saturated heterocycles. The number of aromatic nitrogens is 4. The molecule has 0 saturated carbocycles. The second kappa shape index (κ2) is 14.2. The van der Waals surface area contributed by atoms with Crippen molar-refractivity contribution >= 4 is 63.1 Å². The number of rotatable bonds is 5. The summed E-state index contributed by atoms with van der Waals surface area (Å²) >= 11 is 1.18. The molecule has 3 heterocycles. The molecule has 0 spiro atoms. The van der Waals surface area contributed by atoms with Crippen LogP contribution in [0.3, 0.4) is 0 Å². The maximum absolute atomic E-state index is 13.6. The monoisotopic (exact) mass is 720 g/mol. The molecule has 0 radical (unpaired) electrons. The van der Waals surface area contributed by atoms with Gasteiger partial charge in [-0.1, -0.05) is 11.3 Å². The first-order valence-corrected chi connectivity index (χ1v) is 17.3. The van der Waals surface area contributed by atoms with Crippen molar-refractivity contribution in [2.45, 2.75) is 91.6 Å². The number of amides is 4. The highest BCUT2D eigenvalue weighted by Gasteiger charge is 2.31. The quantitative estimate of drug-likeness (QED) is 0.196. The average Bonchev–Trinajstić information content (AvgIpc) is 3.75. The van der Waals surface area contributed by atoms with Crippen molar-refractivity contribution in [2.75, 3.05) is 23.3 Å². The largest absolute Gasteiger partial charge is 0.444 e. The van der Waals surface area contributed by atoms with Crippen molar-refractivity contribution in [2.24, 2.45) is 0 Å². The highest BCUT2D eigenvalue weighted by Crippen LogP contribution is 2.36. The minimum atomic E-state index is -0.792. The zero-order valence-electron chi connectivity index (χ0n) is 30.3. The van der Waals surface area contributed by atoms with Crippen LogP contribution in [0.2, 0.25) is 0 Å². The van der Waals surface area contributed by atoms with E-state index in [1.165, 1.54) is 27.1 Å². The SMILES string of the molecule is CC(C)(C)OC(=O)NC1CCN(C(=O)Nc2ccc(-c3nnc(N(C(=O)OC(C)(C)C)c4ccc5c(cnn5C(=O)OC(C)(C)C)c4)s3)cc2)C1. The molecule has 2 N–H and O–H groups in total. The van der Waals surface area contributed by atoms with Gasteiger partial charge >= 0.3 is 24.3 Å². The Hall–Kier alpha value is -5.25. The van der Waals surface area contributed by atoms with Crippen LogP contribution < -0.4 is 15.5 Å². The third-order valence-corrected chi connectivity index (χ3v) is 8.09. The number of nitrogens with zero attached hydrogens (tertiary/aromatic N) is 6. The third-order valence-electron chi connectivity index (χ3n) is 7.14. The van der Waals surface area contributed by atoms with Crippen LogP contribution in [-0.4, -0.2) is 85.1 Å². The van der Waals surface area contributed by atoms with Gasteiger partial charge in [-0.15, -0.1) is 10.2 Å². The fraction of sp³-hybridized carbons (Fsp3) is 0.457. The van der Waals surface area contributed by atoms with Gasteiger partial charge in [-0.2, -0.15) is 9.78 Å². The molecule has 2 aromatic heterocycles. The van der Waals surface area contributed by atoms with Crippen LogP contribution in [0.4, 0.5) is 35.7 Å². The van der Waals surface area contributed by atoms with Crippen LogP contribution in [0.1, 0.15) is 68.7 Å². The molecule has 1 atom stereocenters. The van der Waals surface area contributed by atoms with Crippen molar-refractivity contribution in [1.29, 1.82) is 0 Å². The summed E-state index contributed by atoms with van der Waals surface area (Å²) in [5.74, 6) is 0. The van der Waals surface area contributed by atoms with Crippen LogP contribution in [0.5, 0.6) is 0 Å². The van der Waals surface area contributed by atoms with E-state index in [4.69, 9.17) is 14.2 Å². The molecule has 51 heavy (non-hydrogen) atoms. The van der Waals surface area contributed by atoms with E-state index in [2.05, 4.69) is 25.9 Å². The number of ether oxygens (including phenoxy) is 3. The van der Waals surface area contributed by atoms with Gasteiger partial charge in [0.2, 0.25) is 5.13 Å². The first-order chi connectivity index (χ1) is 23.7. The molecule has 272 valence electrons. The Kier molecular flexibility index (Phi) is 10.3. The Morgan fingerprint density at radius 3 is 2.18 bits per heavy atom. The van der Waals surface area contributed by atoms with E-state index in [0.29, 0.717) is 46.8 Å². The van der Waals surface area contributed by atoms with Gasteiger partial charge in [0.1, 0.15) is 21.8 Å². The smallest absolute Gasteiger partial charge is 0.435 e. The highest BCUT2D eigenvalue weighted by molar-refractivity contribution is 7.18. The van der Waals surface area contributed by atoms with E-state index in [-0.39, 0.29) is 17.2 Å². The molecule has 4 amide bonds. The Balaban J connectivity index is 1.30. The predicted molar refractivity (Wildman–Crippen MR) is 193 cm³/mol. The second-order valence-corrected chi connectivity index (χ2v) is 16.0. The minimum Gasteiger partial charge on any atom is -0.444 e. The molecule has 16 heteroatoms. The lowest BCUT2D eigenvalue weighted by Crippen LogP contribution is -2.42. The lowest BCUT2D eigenvalue weighted by atomic mass is 10.2. The molecule has 5 rings (SSSR count). The predicted octanol–water partition coefficient (Wildman–Crippen LogP) is 7.54. The van der Waals surface area contributed by atoms with Crippen molar-refractivity contribution in [1.82, 2.24) is 30.2 Å². The lowest BCUT2D eigenvalue weighted by Gasteiger charge is -2.25. The fourth-order valence-corrected chi connectivity index (χ4v) is 5.93. The molecule has 4 aromatic rings. The van der Waals surface area contributed by atoms with Crippen LogP contribution >= 0.6 is 11.3 Å². The Morgan fingerprint density at radius 1 is 0.863 bits per heavy atom. The number of nitrogens with one attached hydrogen (secondary N) is 2. The molecule has 2 aromatic carbocycles. The van der Waals surface area contributed by atoms with E-state index < -0.39 is 35.1 Å². The van der Waals surface area contributed by atoms with Crippen LogP contribution in [0, 0.1) is 0 Å². The third kappa shape index (κ3) is 9.72. The topological polar surface area (TPSA) is 170 Å². The number of alkyl carbamates (subject to hydrolysis) is 1. The maximum Gasteiger partial charge on any atom is 0.435 e. The summed E-state index contributed by atoms with van der Waals surface area (Å²) in [4.78, 5) is 54.3. The number of carbonyl (C=O) groups is 4. The number of anilines is 3. The number of hydrogen-bond acceptors (Lipinski definition) is 11. The molecule has 0 bridgehead atoms. The first-order valence-electron chi connectivity index (χ1n) is 16.5. The molecular formula is C35H44N8O7S. The first kappa shape index (κ1) is 37.0. The zero-order chi connectivity index (χ0) is 37.3. The number of urea groups is 1. The van der Waals surface area contributed by atoms with Gasteiger partial charge in [-0.25, -0.2) is 24.1 Å². The van der Waals surface area contributed by atoms with Gasteiger partial charge in [0.25, 0.3) is 0 Å². The Morgan fingerprint density at radius 2 is 1.53 bits per heavy atom. The Bertz CT molecular complexity index is 1920. The molecule has 15 nitrogen and oxygen atoms in total. The van der Waals surface area contributed by atoms with E-state index in [0.717, 1.165) is 5.56 Å². The van der Waals surface area contributed by atoms with E-state index in [9.17, 15) is 19.2 Å². The fourth-order valence-electron chi connectivity index (χ4n) is 5.07. The van der Waals surface area contributed by atoms with Gasteiger partial charge in [0, 0.05) is 29.7 Å². The average molecular weight is 721 g/mol. The van der Waals surface area contributed by atoms with E-state index in [1.54, 1.807) is 110 Å². The lowest BCUT2D eigenvalue weighted by molar-refractivity contribution is 0.0500. The van der Waals surface area contributed by atoms with Gasteiger partial charge in [-0.05, 0) is 111 Å². The van der Waals surface area contributed by atoms with Gasteiger partial charge in [-0.3, -0.25) is 0 Å². The van der Waals surface area contributed by atoms with Crippen molar-refractivity contribution in [3.8, 4) is 10.6 Å². The standard InChI is InChI=1S/C35H44N8O7S/c1-33(2,3)48-30(45)38-24-16-17-41(20-24)28(44)37-23-12-10-21(11-13-23)27-39-40-29(51-27)42(31(46)49-34(4,5)6)25-14-15-26-22(18-25)19-36-43(26)32(47)50-35(7,8)9/h10-15,18-19,24H,16-17,20H2,1-9H3,(H,37,44)(H,38,45). The number of carbonyl (C=O) groups excluding carboxylic acids is 4. The van der Waals surface area contributed by atoms with Crippen LogP contribution in [0.25, 0.3) is 21.5 Å². The van der Waals surface area contributed by atoms with Crippen molar-refractivity contribution < 1.29 is 33.4 Å². The van der Waals surface area contributed by atoms with Crippen LogP contribution in [-0.2, 0) is 14.2 Å². The molecule has 1 aliphatic rings. The molecule has 1 fully saturated rings. The van der Waals surface area contributed by atoms with E-state index in [1.807, 2.05) is 0 Å². The normalized spacial score (nSPS) is 15.0. The summed E-state index contributed by atoms with van der Waals surface area (Å²) in [6.07, 6.45) is 0.353. The van der Waals surface area contributed by atoms with Gasteiger partial charge < -0.3 is 29.7 Å². The minimum absolute atomic E-state index is 0.198. The zero-order valence-corrected chi connectivity index (χ0v) is 31.1. The number of likely N-dealkylation sites (tertiary alicyclic amines) is 1. The number of fused-ring (bicyclic) bond motifs is 1. The summed E-state index contributed by atoms with van der Waals surface area (Å²) in [5, 5.41) is 20.0. The summed E-state index contributed by atoms with van der Waals surface area (Å²) in [7, 11) is 0. The Labute approximate surface area is 300 Å². The molecule has 0 aliphatic carbocycles. The second-order valence-electron chi connectivity index (χ2n) is 15.1. The molecule has 1 unspecified atom stereocenters. The summed E-state index contributed by atoms with van der Waals surface area (Å²) in [6, 6.07) is 11.7. The highest BCUT2D eigenvalue weighted by atomic mass is 32.1. The van der Waals surface area contributed by atoms with Crippen LogP contribution in [0.15, 0.2) is 48.7 Å². The maximum atomic E-state index is 13.6. The number of hydrogen-bond donors (Lipinski definition) is 2.